The zero-order valence-electron chi connectivity index (χ0n) is 10.6. The second-order valence-electron chi connectivity index (χ2n) is 4.72. The van der Waals surface area contributed by atoms with Crippen LogP contribution in [-0.2, 0) is 12.8 Å². The van der Waals surface area contributed by atoms with Gasteiger partial charge in [0.25, 0.3) is 0 Å². The molecule has 1 heterocycles. The average Bonchev–Trinajstić information content (AvgIpc) is 2.47. The number of methoxy groups -OCH3 is 1. The zero-order valence-corrected chi connectivity index (χ0v) is 10.6. The maximum absolute atomic E-state index is 5.21. The van der Waals surface area contributed by atoms with Crippen LogP contribution in [0.15, 0.2) is 36.5 Å². The van der Waals surface area contributed by atoms with Gasteiger partial charge in [0, 0.05) is 11.9 Å². The lowest BCUT2D eigenvalue weighted by atomic mass is 9.89. The van der Waals surface area contributed by atoms with Crippen molar-refractivity contribution in [3.05, 3.63) is 47.8 Å². The Morgan fingerprint density at radius 3 is 2.56 bits per heavy atom. The van der Waals surface area contributed by atoms with Crippen molar-refractivity contribution < 1.29 is 4.74 Å². The van der Waals surface area contributed by atoms with Crippen molar-refractivity contribution in [2.24, 2.45) is 0 Å². The SMILES string of the molecule is COc1ccc(-c2ccnc3c2CCCC3)cc1. The van der Waals surface area contributed by atoms with Gasteiger partial charge in [0.2, 0.25) is 0 Å². The number of aromatic nitrogens is 1. The Kier molecular flexibility index (Phi) is 3.01. The highest BCUT2D eigenvalue weighted by Crippen LogP contribution is 2.31. The number of hydrogen-bond acceptors (Lipinski definition) is 2. The third-order valence-electron chi connectivity index (χ3n) is 3.64. The van der Waals surface area contributed by atoms with Gasteiger partial charge in [0.1, 0.15) is 5.75 Å². The maximum Gasteiger partial charge on any atom is 0.118 e. The number of rotatable bonds is 2. The first kappa shape index (κ1) is 11.3. The molecule has 0 bridgehead atoms. The number of hydrogen-bond donors (Lipinski definition) is 0. The molecule has 0 N–H and O–H groups in total. The normalized spacial score (nSPS) is 14.1. The molecule has 1 aliphatic carbocycles. The Morgan fingerprint density at radius 2 is 1.78 bits per heavy atom. The molecule has 18 heavy (non-hydrogen) atoms. The monoisotopic (exact) mass is 239 g/mol. The Labute approximate surface area is 108 Å². The number of nitrogens with zero attached hydrogens (tertiary/aromatic N) is 1. The van der Waals surface area contributed by atoms with E-state index in [-0.39, 0.29) is 0 Å². The number of ether oxygens (including phenoxy) is 1. The van der Waals surface area contributed by atoms with E-state index >= 15 is 0 Å². The summed E-state index contributed by atoms with van der Waals surface area (Å²) in [6.45, 7) is 0. The molecule has 0 fully saturated rings. The van der Waals surface area contributed by atoms with E-state index in [0.717, 1.165) is 18.6 Å². The largest absolute Gasteiger partial charge is 0.497 e. The molecule has 0 spiro atoms. The fourth-order valence-electron chi connectivity index (χ4n) is 2.67. The third kappa shape index (κ3) is 1.99. The lowest BCUT2D eigenvalue weighted by molar-refractivity contribution is 0.415. The first-order valence-corrected chi connectivity index (χ1v) is 6.49. The highest BCUT2D eigenvalue weighted by atomic mass is 16.5. The quantitative estimate of drug-likeness (QED) is 0.798. The predicted octanol–water partition coefficient (Wildman–Crippen LogP) is 3.64. The van der Waals surface area contributed by atoms with Gasteiger partial charge >= 0.3 is 0 Å². The van der Waals surface area contributed by atoms with Gasteiger partial charge in [-0.1, -0.05) is 12.1 Å². The Morgan fingerprint density at radius 1 is 1.00 bits per heavy atom. The standard InChI is InChI=1S/C16H17NO/c1-18-13-8-6-12(7-9-13)14-10-11-17-16-5-3-2-4-15(14)16/h6-11H,2-5H2,1H3. The van der Waals surface area contributed by atoms with E-state index in [1.807, 2.05) is 18.3 Å². The molecular weight excluding hydrogens is 222 g/mol. The summed E-state index contributed by atoms with van der Waals surface area (Å²) in [7, 11) is 1.70. The van der Waals surface area contributed by atoms with Gasteiger partial charge in [-0.3, -0.25) is 4.98 Å². The van der Waals surface area contributed by atoms with Crippen LogP contribution in [-0.4, -0.2) is 12.1 Å². The summed E-state index contributed by atoms with van der Waals surface area (Å²) >= 11 is 0. The fraction of sp³-hybridized carbons (Fsp3) is 0.312. The van der Waals surface area contributed by atoms with Gasteiger partial charge < -0.3 is 4.74 Å². The van der Waals surface area contributed by atoms with Crippen LogP contribution in [0.2, 0.25) is 0 Å². The molecule has 2 nitrogen and oxygen atoms in total. The van der Waals surface area contributed by atoms with Gasteiger partial charge in [-0.25, -0.2) is 0 Å². The molecule has 0 saturated heterocycles. The van der Waals surface area contributed by atoms with Crippen LogP contribution in [0.4, 0.5) is 0 Å². The molecule has 1 aromatic carbocycles. The molecular formula is C16H17NO. The topological polar surface area (TPSA) is 22.1 Å². The van der Waals surface area contributed by atoms with Crippen LogP contribution in [0.3, 0.4) is 0 Å². The minimum atomic E-state index is 0.904. The molecule has 0 atom stereocenters. The molecule has 0 radical (unpaired) electrons. The molecule has 3 rings (SSSR count). The van der Waals surface area contributed by atoms with Crippen molar-refractivity contribution in [3.63, 3.8) is 0 Å². The van der Waals surface area contributed by atoms with Crippen molar-refractivity contribution in [2.45, 2.75) is 25.7 Å². The van der Waals surface area contributed by atoms with E-state index < -0.39 is 0 Å². The molecule has 2 heteroatoms. The number of aryl methyl sites for hydroxylation is 1. The van der Waals surface area contributed by atoms with Crippen LogP contribution in [0, 0.1) is 0 Å². The number of benzene rings is 1. The molecule has 2 aromatic rings. The number of pyridine rings is 1. The van der Waals surface area contributed by atoms with Gasteiger partial charge in [-0.15, -0.1) is 0 Å². The molecule has 0 unspecified atom stereocenters. The summed E-state index contributed by atoms with van der Waals surface area (Å²) in [6, 6.07) is 10.4. The van der Waals surface area contributed by atoms with Crippen molar-refractivity contribution in [1.82, 2.24) is 4.98 Å². The second-order valence-corrected chi connectivity index (χ2v) is 4.72. The Bertz CT molecular complexity index is 546. The Balaban J connectivity index is 2.05. The summed E-state index contributed by atoms with van der Waals surface area (Å²) in [6.07, 6.45) is 6.77. The molecule has 0 saturated carbocycles. The van der Waals surface area contributed by atoms with E-state index in [1.165, 1.54) is 35.2 Å². The second kappa shape index (κ2) is 4.81. The molecule has 0 amide bonds. The van der Waals surface area contributed by atoms with Crippen molar-refractivity contribution in [3.8, 4) is 16.9 Å². The summed E-state index contributed by atoms with van der Waals surface area (Å²) < 4.78 is 5.21. The minimum Gasteiger partial charge on any atom is -0.497 e. The maximum atomic E-state index is 5.21. The zero-order chi connectivity index (χ0) is 12.4. The highest BCUT2D eigenvalue weighted by molar-refractivity contribution is 5.68. The lowest BCUT2D eigenvalue weighted by Gasteiger charge is -2.18. The summed E-state index contributed by atoms with van der Waals surface area (Å²) in [5, 5.41) is 0. The first-order chi connectivity index (χ1) is 8.88. The predicted molar refractivity (Wildman–Crippen MR) is 72.9 cm³/mol. The van der Waals surface area contributed by atoms with E-state index in [0.29, 0.717) is 0 Å². The smallest absolute Gasteiger partial charge is 0.118 e. The van der Waals surface area contributed by atoms with Crippen molar-refractivity contribution in [1.29, 1.82) is 0 Å². The summed E-state index contributed by atoms with van der Waals surface area (Å²) in [5.74, 6) is 0.904. The van der Waals surface area contributed by atoms with Gasteiger partial charge in [-0.2, -0.15) is 0 Å². The number of fused-ring (bicyclic) bond motifs is 1. The molecule has 92 valence electrons. The van der Waals surface area contributed by atoms with Crippen molar-refractivity contribution in [2.75, 3.05) is 7.11 Å². The van der Waals surface area contributed by atoms with Crippen LogP contribution >= 0.6 is 0 Å². The average molecular weight is 239 g/mol. The highest BCUT2D eigenvalue weighted by Gasteiger charge is 2.14. The van der Waals surface area contributed by atoms with Crippen molar-refractivity contribution >= 4 is 0 Å². The van der Waals surface area contributed by atoms with E-state index in [4.69, 9.17) is 4.74 Å². The summed E-state index contributed by atoms with van der Waals surface area (Å²) in [5.41, 5.74) is 5.32. The fourth-order valence-corrected chi connectivity index (χ4v) is 2.67. The Hall–Kier alpha value is -1.83. The first-order valence-electron chi connectivity index (χ1n) is 6.49. The van der Waals surface area contributed by atoms with Crippen LogP contribution in [0.1, 0.15) is 24.1 Å². The van der Waals surface area contributed by atoms with Crippen LogP contribution < -0.4 is 4.74 Å². The van der Waals surface area contributed by atoms with E-state index in [1.54, 1.807) is 7.11 Å². The lowest BCUT2D eigenvalue weighted by Crippen LogP contribution is -2.06. The van der Waals surface area contributed by atoms with Gasteiger partial charge in [0.15, 0.2) is 0 Å². The van der Waals surface area contributed by atoms with Crippen LogP contribution in [0.25, 0.3) is 11.1 Å². The minimum absolute atomic E-state index is 0.904. The molecule has 1 aromatic heterocycles. The van der Waals surface area contributed by atoms with E-state index in [9.17, 15) is 0 Å². The summed E-state index contributed by atoms with van der Waals surface area (Å²) in [4.78, 5) is 4.51. The van der Waals surface area contributed by atoms with Gasteiger partial charge in [0.05, 0.1) is 7.11 Å². The van der Waals surface area contributed by atoms with Crippen LogP contribution in [0.5, 0.6) is 5.75 Å². The third-order valence-corrected chi connectivity index (χ3v) is 3.64. The molecule has 0 aliphatic heterocycles. The molecule has 1 aliphatic rings. The van der Waals surface area contributed by atoms with Gasteiger partial charge in [-0.05, 0) is 60.6 Å². The van der Waals surface area contributed by atoms with E-state index in [2.05, 4.69) is 23.2 Å².